The average Bonchev–Trinajstić information content (AvgIpc) is 1.59. The fraction of sp³-hybridized carbons (Fsp3) is 0.725. The number of esters is 2. The first-order valence-electron chi connectivity index (χ1n) is 40.1. The van der Waals surface area contributed by atoms with Gasteiger partial charge in [0.1, 0.15) is 58.7 Å². The number of hydrogen-bond donors (Lipinski definition) is 14. The highest BCUT2D eigenvalue weighted by atomic mass is 16.6. The van der Waals surface area contributed by atoms with Gasteiger partial charge < -0.3 is 102 Å². The fourth-order valence-corrected chi connectivity index (χ4v) is 12.2. The van der Waals surface area contributed by atoms with E-state index in [9.17, 15) is 67.7 Å². The van der Waals surface area contributed by atoms with Crippen molar-refractivity contribution >= 4 is 95.1 Å². The minimum atomic E-state index is -1.92. The quantitative estimate of drug-likeness (QED) is 0.0205. The van der Waals surface area contributed by atoms with Crippen LogP contribution in [0, 0.1) is 23.7 Å². The van der Waals surface area contributed by atoms with Crippen molar-refractivity contribution in [2.24, 2.45) is 23.7 Å². The minimum Gasteiger partial charge on any atom is -0.462 e. The van der Waals surface area contributed by atoms with Crippen LogP contribution in [0.3, 0.4) is 0 Å². The van der Waals surface area contributed by atoms with Crippen LogP contribution in [-0.2, 0) is 92.4 Å². The number of carbonyl (C=O) groups excluding carboxylic acids is 16. The topological polar surface area (TPSA) is 513 Å². The van der Waals surface area contributed by atoms with Gasteiger partial charge >= 0.3 is 36.3 Å². The molecule has 2 heterocycles. The number of aliphatic hydroxyl groups excluding tert-OH is 2. The minimum absolute atomic E-state index is 0.00884. The lowest BCUT2D eigenvalue weighted by Gasteiger charge is -2.29. The first-order valence-corrected chi connectivity index (χ1v) is 40.1. The van der Waals surface area contributed by atoms with Gasteiger partial charge in [0.05, 0.1) is 24.3 Å². The Kier molecular flexibility index (Phi) is 41.6. The van der Waals surface area contributed by atoms with Gasteiger partial charge in [-0.2, -0.15) is 0 Å². The molecule has 0 spiro atoms. The first-order chi connectivity index (χ1) is 54.0. The first kappa shape index (κ1) is 100. The summed E-state index contributed by atoms with van der Waals surface area (Å²) in [4.78, 5) is 228. The Morgan fingerprint density at radius 3 is 1.54 bits per heavy atom. The van der Waals surface area contributed by atoms with E-state index < -0.39 is 254 Å². The highest BCUT2D eigenvalue weighted by Crippen LogP contribution is 2.28. The van der Waals surface area contributed by atoms with Crippen molar-refractivity contribution < 1.29 is 115 Å². The van der Waals surface area contributed by atoms with Gasteiger partial charge in [-0.15, -0.1) is 0 Å². The number of hydrogen-bond acceptors (Lipinski definition) is 24. The lowest BCUT2D eigenvalue weighted by Crippen LogP contribution is -2.59. The third kappa shape index (κ3) is 39.3. The molecule has 1 aromatic rings. The molecule has 2 saturated heterocycles. The lowest BCUT2D eigenvalue weighted by atomic mass is 9.92. The molecule has 0 saturated carbocycles. The Balaban J connectivity index is 2.36. The third-order valence-electron chi connectivity index (χ3n) is 17.9. The van der Waals surface area contributed by atoms with Gasteiger partial charge in [0.15, 0.2) is 23.6 Å². The molecule has 2 aliphatic heterocycles. The zero-order chi connectivity index (χ0) is 87.6. The van der Waals surface area contributed by atoms with Crippen LogP contribution in [0.15, 0.2) is 30.3 Å². The molecule has 2 aliphatic rings. The number of ketones is 2. The van der Waals surface area contributed by atoms with Crippen LogP contribution in [0.2, 0.25) is 0 Å². The van der Waals surface area contributed by atoms with E-state index in [1.165, 1.54) is 0 Å². The number of nitrogens with one attached hydrogen (secondary N) is 12. The lowest BCUT2D eigenvalue weighted by molar-refractivity contribution is -0.165. The van der Waals surface area contributed by atoms with Gasteiger partial charge in [0.2, 0.25) is 41.4 Å². The summed E-state index contributed by atoms with van der Waals surface area (Å²) < 4.78 is 32.7. The molecule has 2 fully saturated rings. The van der Waals surface area contributed by atoms with Gasteiger partial charge in [-0.05, 0) is 166 Å². The van der Waals surface area contributed by atoms with Crippen molar-refractivity contribution in [1.82, 2.24) is 63.8 Å². The summed E-state index contributed by atoms with van der Waals surface area (Å²) >= 11 is 0. The molecule has 3 rings (SSSR count). The number of amides is 12. The number of Topliss-reactive ketones (excluding diaryl/α,β-unsaturated/α-hetero) is 2. The monoisotopic (exact) mass is 1640 g/mol. The van der Waals surface area contributed by atoms with E-state index in [-0.39, 0.29) is 64.0 Å². The van der Waals surface area contributed by atoms with E-state index in [0.29, 0.717) is 12.0 Å². The molecule has 0 bridgehead atoms. The highest BCUT2D eigenvalue weighted by Gasteiger charge is 2.44. The van der Waals surface area contributed by atoms with Crippen LogP contribution in [0.5, 0.6) is 0 Å². The normalized spacial score (nSPS) is 21.9. The van der Waals surface area contributed by atoms with Crippen molar-refractivity contribution in [1.29, 1.82) is 0 Å². The van der Waals surface area contributed by atoms with Crippen molar-refractivity contribution in [3.8, 4) is 0 Å². The summed E-state index contributed by atoms with van der Waals surface area (Å²) in [5.41, 5.74) is -3.48. The average molecular weight is 1640 g/mol. The predicted octanol–water partition coefficient (Wildman–Crippen LogP) is 3.98. The standard InChI is InChI=1S/C80H130N12O24/c1-19-21-23-29-51-44-52(71(105)111-51)72(106)112-60(26-20-2)68(102)92-62(47(6)94)70(104)87-54(33-38-84-75(109)115-79(13,14)15)59(96)42-49-30-35-81-69(103)61(46(5)93)91-64(98)50(31-36-82-73(107)113-77(7,8)9)43-58(95)53(32-37-83-74(108)114-78(10,11)12)86-66(100)56(40-45(3)4)89-67(101)57(41-48-27-24-22-25-28-48)90-65(99)55(88-63(49)97)34-39-85-76(110)116-80(16,17)18/h22,24-25,27-28,45-47,49-57,60-62,93-94H,19-21,23,26,29-44H2,1-18H3,(H,81,103)(H,82,107)(H,83,108)(H,84,109)(H,85,110)(H,86,100)(H,87,104)(H,88,97)(H,89,101)(H,90,99)(H,91,98)(H,92,102)/t46?,47?,49-,50-,51?,52?,53+,54+,55+,56+,57-,60+,61+,62+/m1/s1. The molecule has 654 valence electrons. The summed E-state index contributed by atoms with van der Waals surface area (Å²) in [7, 11) is 0. The van der Waals surface area contributed by atoms with E-state index in [2.05, 4.69) is 63.8 Å². The third-order valence-corrected chi connectivity index (χ3v) is 17.9. The molecular weight excluding hydrogens is 1510 g/mol. The summed E-state index contributed by atoms with van der Waals surface area (Å²) in [6, 6.07) is -3.62. The Morgan fingerprint density at radius 1 is 0.534 bits per heavy atom. The highest BCUT2D eigenvalue weighted by molar-refractivity contribution is 6.00. The Labute approximate surface area is 680 Å². The zero-order valence-corrected chi connectivity index (χ0v) is 70.8. The Hall–Kier alpha value is -9.74. The van der Waals surface area contributed by atoms with Crippen molar-refractivity contribution in [3.63, 3.8) is 0 Å². The van der Waals surface area contributed by atoms with Crippen molar-refractivity contribution in [2.45, 2.75) is 316 Å². The van der Waals surface area contributed by atoms with E-state index in [1.807, 2.05) is 6.92 Å². The molecule has 36 nitrogen and oxygen atoms in total. The van der Waals surface area contributed by atoms with Gasteiger partial charge in [0, 0.05) is 70.2 Å². The Bertz CT molecular complexity index is 3470. The van der Waals surface area contributed by atoms with Crippen LogP contribution in [0.1, 0.15) is 227 Å². The smallest absolute Gasteiger partial charge is 0.407 e. The summed E-state index contributed by atoms with van der Waals surface area (Å²) in [5.74, 6) is -17.0. The number of alkyl carbamates (subject to hydrolysis) is 4. The molecule has 14 N–H and O–H groups in total. The van der Waals surface area contributed by atoms with Crippen LogP contribution >= 0.6 is 0 Å². The number of aliphatic hydroxyl groups is 2. The van der Waals surface area contributed by atoms with Crippen molar-refractivity contribution in [2.75, 3.05) is 32.7 Å². The number of rotatable bonds is 33. The maximum atomic E-state index is 15.4. The fourth-order valence-electron chi connectivity index (χ4n) is 12.2. The van der Waals surface area contributed by atoms with E-state index in [4.69, 9.17) is 28.4 Å². The molecule has 4 unspecified atom stereocenters. The van der Waals surface area contributed by atoms with E-state index in [1.54, 1.807) is 134 Å². The maximum absolute atomic E-state index is 15.4. The molecule has 1 aromatic carbocycles. The van der Waals surface area contributed by atoms with Crippen molar-refractivity contribution in [3.05, 3.63) is 35.9 Å². The van der Waals surface area contributed by atoms with Gasteiger partial charge in [-0.3, -0.25) is 57.5 Å². The van der Waals surface area contributed by atoms with Crippen LogP contribution < -0.4 is 63.8 Å². The number of unbranched alkanes of at least 4 members (excludes halogenated alkanes) is 2. The summed E-state index contributed by atoms with van der Waals surface area (Å²) in [6.07, 6.45) is -10.4. The van der Waals surface area contributed by atoms with Gasteiger partial charge in [-0.1, -0.05) is 77.3 Å². The maximum Gasteiger partial charge on any atom is 0.407 e. The summed E-state index contributed by atoms with van der Waals surface area (Å²) in [6.45, 7) is 26.6. The largest absolute Gasteiger partial charge is 0.462 e. The zero-order valence-electron chi connectivity index (χ0n) is 70.8. The second kappa shape index (κ2) is 48.1. The molecule has 116 heavy (non-hydrogen) atoms. The second-order valence-electron chi connectivity index (χ2n) is 33.8. The molecule has 0 aromatic heterocycles. The number of ether oxygens (including phenoxy) is 6. The molecule has 12 amide bonds. The Morgan fingerprint density at radius 2 is 1.03 bits per heavy atom. The van der Waals surface area contributed by atoms with E-state index >= 15 is 19.2 Å². The van der Waals surface area contributed by atoms with E-state index in [0.717, 1.165) is 33.1 Å². The molecule has 0 radical (unpaired) electrons. The molecule has 14 atom stereocenters. The summed E-state index contributed by atoms with van der Waals surface area (Å²) in [5, 5.41) is 53.3. The molecular formula is C80H130N12O24. The van der Waals surface area contributed by atoms with Gasteiger partial charge in [0.25, 0.3) is 5.91 Å². The van der Waals surface area contributed by atoms with Crippen LogP contribution in [0.4, 0.5) is 19.2 Å². The number of cyclic esters (lactones) is 1. The molecule has 0 aliphatic carbocycles. The number of benzene rings is 1. The number of carbonyl (C=O) groups is 16. The molecule has 36 heteroatoms. The second-order valence-corrected chi connectivity index (χ2v) is 33.8. The predicted molar refractivity (Wildman–Crippen MR) is 423 cm³/mol. The van der Waals surface area contributed by atoms with Crippen LogP contribution in [-0.4, -0.2) is 227 Å². The van der Waals surface area contributed by atoms with Gasteiger partial charge in [-0.25, -0.2) is 19.2 Å². The van der Waals surface area contributed by atoms with Crippen LogP contribution in [0.25, 0.3) is 0 Å². The SMILES string of the molecule is CCCCCC1CC(C(=O)O[C@@H](CCC)C(=O)N[C@H](C(=O)N[C@@H](CCNC(=O)OC(C)(C)C)C(=O)C[C@H]2CCNC(=O)[C@H](C(C)O)NC(=O)[C@H](CCNC(=O)OC(C)(C)C)CC(=O)[C@H](CCNC(=O)OC(C)(C)C)NC(=O)[C@H](CC(C)C)NC(=O)[C@@H](Cc3ccccc3)NC(=O)[C@H](CCNC(=O)OC(C)(C)C)NC2=O)C(C)O)C(=O)O1.